The van der Waals surface area contributed by atoms with Crippen molar-refractivity contribution < 1.29 is 14.4 Å². The Morgan fingerprint density at radius 3 is 2.64 bits per heavy atom. The molecule has 0 saturated carbocycles. The van der Waals surface area contributed by atoms with E-state index >= 15 is 0 Å². The van der Waals surface area contributed by atoms with Gasteiger partial charge in [-0.2, -0.15) is 0 Å². The third-order valence-electron chi connectivity index (χ3n) is 4.29. The van der Waals surface area contributed by atoms with E-state index in [0.717, 1.165) is 24.1 Å². The van der Waals surface area contributed by atoms with Gasteiger partial charge in [0.25, 0.3) is 5.91 Å². The van der Waals surface area contributed by atoms with Gasteiger partial charge in [-0.15, -0.1) is 0 Å². The molecule has 4 amide bonds. The van der Waals surface area contributed by atoms with E-state index in [1.54, 1.807) is 6.07 Å². The van der Waals surface area contributed by atoms with Gasteiger partial charge < -0.3 is 11.1 Å². The smallest absolute Gasteiger partial charge is 0.318 e. The summed E-state index contributed by atoms with van der Waals surface area (Å²) in [6.45, 7) is 6.55. The van der Waals surface area contributed by atoms with Crippen LogP contribution in [0.15, 0.2) is 12.1 Å². The zero-order chi connectivity index (χ0) is 18.6. The van der Waals surface area contributed by atoms with Crippen LogP contribution in [-0.2, 0) is 4.79 Å². The highest BCUT2D eigenvalue weighted by atomic mass is 16.2. The van der Waals surface area contributed by atoms with Crippen LogP contribution < -0.4 is 16.4 Å². The zero-order valence-electron chi connectivity index (χ0n) is 14.8. The number of hydrogen-bond acceptors (Lipinski definition) is 5. The predicted molar refractivity (Wildman–Crippen MR) is 93.0 cm³/mol. The van der Waals surface area contributed by atoms with Crippen molar-refractivity contribution in [1.29, 1.82) is 0 Å². The van der Waals surface area contributed by atoms with Crippen LogP contribution >= 0.6 is 0 Å². The van der Waals surface area contributed by atoms with E-state index in [-0.39, 0.29) is 24.5 Å². The maximum absolute atomic E-state index is 12.4. The van der Waals surface area contributed by atoms with Gasteiger partial charge in [-0.3, -0.25) is 19.8 Å². The molecule has 2 heterocycles. The van der Waals surface area contributed by atoms with Crippen molar-refractivity contribution in [3.63, 3.8) is 0 Å². The molecule has 2 unspecified atom stereocenters. The van der Waals surface area contributed by atoms with Gasteiger partial charge in [0, 0.05) is 24.3 Å². The van der Waals surface area contributed by atoms with Crippen LogP contribution in [0, 0.1) is 13.8 Å². The molecule has 4 N–H and O–H groups in total. The second-order valence-corrected chi connectivity index (χ2v) is 6.60. The minimum atomic E-state index is -0.847. The van der Waals surface area contributed by atoms with Crippen LogP contribution in [0.25, 0.3) is 0 Å². The molecular formula is C17H25N5O3. The number of aryl methyl sites for hydroxylation is 2. The van der Waals surface area contributed by atoms with E-state index in [2.05, 4.69) is 15.6 Å². The Labute approximate surface area is 147 Å². The molecule has 1 aromatic rings. The average molecular weight is 347 g/mol. The Morgan fingerprint density at radius 2 is 2.04 bits per heavy atom. The highest BCUT2D eigenvalue weighted by Crippen LogP contribution is 2.17. The largest absolute Gasteiger partial charge is 0.351 e. The quantitative estimate of drug-likeness (QED) is 0.732. The maximum Gasteiger partial charge on any atom is 0.318 e. The van der Waals surface area contributed by atoms with Gasteiger partial charge in [-0.25, -0.2) is 9.78 Å². The Kier molecular flexibility index (Phi) is 6.08. The third kappa shape index (κ3) is 5.53. The molecule has 0 aliphatic carbocycles. The minimum Gasteiger partial charge on any atom is -0.351 e. The number of hydrogen-bond donors (Lipinski definition) is 3. The van der Waals surface area contributed by atoms with Gasteiger partial charge in [0.05, 0.1) is 6.54 Å². The highest BCUT2D eigenvalue weighted by Gasteiger charge is 2.28. The van der Waals surface area contributed by atoms with Gasteiger partial charge in [-0.05, 0) is 51.3 Å². The molecule has 25 heavy (non-hydrogen) atoms. The van der Waals surface area contributed by atoms with E-state index in [1.807, 2.05) is 31.7 Å². The second-order valence-electron chi connectivity index (χ2n) is 6.60. The SMILES string of the molecule is Cc1cc(C)nc(C(=O)NC2CCN(CC(=O)NC(N)=O)C(C)C2)c1. The molecule has 2 atom stereocenters. The fourth-order valence-electron chi connectivity index (χ4n) is 3.17. The Bertz CT molecular complexity index is 656. The first-order chi connectivity index (χ1) is 11.7. The molecule has 1 fully saturated rings. The number of piperidine rings is 1. The molecule has 0 radical (unpaired) electrons. The molecule has 1 aliphatic heterocycles. The fourth-order valence-corrected chi connectivity index (χ4v) is 3.17. The van der Waals surface area contributed by atoms with E-state index < -0.39 is 11.9 Å². The topological polar surface area (TPSA) is 117 Å². The summed E-state index contributed by atoms with van der Waals surface area (Å²) in [7, 11) is 0. The first kappa shape index (κ1) is 18.9. The van der Waals surface area contributed by atoms with Crippen molar-refractivity contribution in [2.75, 3.05) is 13.1 Å². The number of primary amides is 1. The van der Waals surface area contributed by atoms with E-state index in [9.17, 15) is 14.4 Å². The number of carbonyl (C=O) groups is 3. The number of likely N-dealkylation sites (tertiary alicyclic amines) is 1. The molecular weight excluding hydrogens is 322 g/mol. The molecule has 0 spiro atoms. The molecule has 1 saturated heterocycles. The summed E-state index contributed by atoms with van der Waals surface area (Å²) < 4.78 is 0. The van der Waals surface area contributed by atoms with Gasteiger partial charge in [-0.1, -0.05) is 0 Å². The van der Waals surface area contributed by atoms with Crippen molar-refractivity contribution >= 4 is 17.8 Å². The van der Waals surface area contributed by atoms with Crippen LogP contribution in [0.3, 0.4) is 0 Å². The maximum atomic E-state index is 12.4. The monoisotopic (exact) mass is 347 g/mol. The second kappa shape index (κ2) is 8.06. The van der Waals surface area contributed by atoms with Gasteiger partial charge in [0.1, 0.15) is 5.69 Å². The normalized spacial score (nSPS) is 20.8. The summed E-state index contributed by atoms with van der Waals surface area (Å²) >= 11 is 0. The predicted octanol–water partition coefficient (Wildman–Crippen LogP) is 0.476. The van der Waals surface area contributed by atoms with Gasteiger partial charge in [0.2, 0.25) is 5.91 Å². The number of imide groups is 1. The van der Waals surface area contributed by atoms with E-state index in [4.69, 9.17) is 5.73 Å². The summed E-state index contributed by atoms with van der Waals surface area (Å²) in [5, 5.41) is 5.09. The summed E-state index contributed by atoms with van der Waals surface area (Å²) in [4.78, 5) is 41.0. The first-order valence-corrected chi connectivity index (χ1v) is 8.34. The average Bonchev–Trinajstić information content (AvgIpc) is 2.48. The molecule has 136 valence electrons. The van der Waals surface area contributed by atoms with Crippen molar-refractivity contribution in [2.45, 2.75) is 45.7 Å². The molecule has 0 bridgehead atoms. The number of nitrogens with zero attached hydrogens (tertiary/aromatic N) is 2. The minimum absolute atomic E-state index is 0.0283. The summed E-state index contributed by atoms with van der Waals surface area (Å²) in [5.74, 6) is -0.592. The van der Waals surface area contributed by atoms with Crippen LogP contribution in [-0.4, -0.2) is 52.9 Å². The number of amides is 4. The summed E-state index contributed by atoms with van der Waals surface area (Å²) in [5.41, 5.74) is 7.18. The summed E-state index contributed by atoms with van der Waals surface area (Å²) in [6, 6.07) is 2.98. The molecule has 8 heteroatoms. The molecule has 8 nitrogen and oxygen atoms in total. The number of rotatable bonds is 4. The van der Waals surface area contributed by atoms with Gasteiger partial charge in [0.15, 0.2) is 0 Å². The third-order valence-corrected chi connectivity index (χ3v) is 4.29. The van der Waals surface area contributed by atoms with Gasteiger partial charge >= 0.3 is 6.03 Å². The lowest BCUT2D eigenvalue weighted by molar-refractivity contribution is -0.122. The van der Waals surface area contributed by atoms with E-state index in [0.29, 0.717) is 12.2 Å². The van der Waals surface area contributed by atoms with Crippen molar-refractivity contribution in [3.05, 3.63) is 29.1 Å². The lowest BCUT2D eigenvalue weighted by Gasteiger charge is -2.37. The van der Waals surface area contributed by atoms with Crippen molar-refractivity contribution in [2.24, 2.45) is 5.73 Å². The van der Waals surface area contributed by atoms with Crippen molar-refractivity contribution in [1.82, 2.24) is 20.5 Å². The van der Waals surface area contributed by atoms with Crippen LogP contribution in [0.2, 0.25) is 0 Å². The lowest BCUT2D eigenvalue weighted by atomic mass is 9.98. The standard InChI is InChI=1S/C17H25N5O3/c1-10-6-11(2)19-14(7-10)16(24)20-13-4-5-22(12(3)8-13)9-15(23)21-17(18)25/h6-7,12-13H,4-5,8-9H2,1-3H3,(H,20,24)(H3,18,21,23,25). The Morgan fingerprint density at radius 1 is 1.32 bits per heavy atom. The number of aromatic nitrogens is 1. The van der Waals surface area contributed by atoms with Crippen molar-refractivity contribution in [3.8, 4) is 0 Å². The molecule has 0 aromatic carbocycles. The highest BCUT2D eigenvalue weighted by molar-refractivity contribution is 5.94. The van der Waals surface area contributed by atoms with Crippen LogP contribution in [0.5, 0.6) is 0 Å². The molecule has 1 aliphatic rings. The Hall–Kier alpha value is -2.48. The Balaban J connectivity index is 1.89. The number of nitrogens with one attached hydrogen (secondary N) is 2. The fraction of sp³-hybridized carbons (Fsp3) is 0.529. The number of nitrogens with two attached hydrogens (primary N) is 1. The molecule has 2 rings (SSSR count). The molecule has 1 aromatic heterocycles. The summed E-state index contributed by atoms with van der Waals surface area (Å²) in [6.07, 6.45) is 1.45. The lowest BCUT2D eigenvalue weighted by Crippen LogP contribution is -2.52. The first-order valence-electron chi connectivity index (χ1n) is 8.34. The van der Waals surface area contributed by atoms with Crippen LogP contribution in [0.1, 0.15) is 41.5 Å². The number of carbonyl (C=O) groups excluding carboxylic acids is 3. The van der Waals surface area contributed by atoms with E-state index in [1.165, 1.54) is 0 Å². The number of urea groups is 1. The van der Waals surface area contributed by atoms with Crippen LogP contribution in [0.4, 0.5) is 4.79 Å². The number of pyridine rings is 1. The zero-order valence-corrected chi connectivity index (χ0v) is 14.8.